The highest BCUT2D eigenvalue weighted by Gasteiger charge is 2.34. The second kappa shape index (κ2) is 7.53. The van der Waals surface area contributed by atoms with Crippen LogP contribution in [-0.4, -0.2) is 29.6 Å². The zero-order valence-corrected chi connectivity index (χ0v) is 14.5. The number of rotatable bonds is 7. The third-order valence-electron chi connectivity index (χ3n) is 4.46. The van der Waals surface area contributed by atoms with E-state index in [1.165, 1.54) is 6.07 Å². The van der Waals surface area contributed by atoms with Crippen molar-refractivity contribution in [3.05, 3.63) is 34.1 Å². The van der Waals surface area contributed by atoms with Crippen LogP contribution in [0.3, 0.4) is 0 Å². The maximum absolute atomic E-state index is 14.0. The average molecular weight is 345 g/mol. The van der Waals surface area contributed by atoms with Crippen molar-refractivity contribution in [1.29, 1.82) is 0 Å². The number of benzene rings is 1. The Bertz CT molecular complexity index is 434. The van der Waals surface area contributed by atoms with E-state index in [1.807, 2.05) is 12.1 Å². The van der Waals surface area contributed by atoms with Crippen molar-refractivity contribution in [2.75, 3.05) is 13.1 Å². The van der Waals surface area contributed by atoms with Gasteiger partial charge in [0.05, 0.1) is 0 Å². The van der Waals surface area contributed by atoms with E-state index in [1.54, 1.807) is 0 Å². The number of nitrogens with zero attached hydrogens (tertiary/aromatic N) is 1. The molecule has 1 aromatic carbocycles. The number of likely N-dealkylation sites (N-methyl/N-ethyl adjacent to an activating group) is 1. The molecule has 2 unspecified atom stereocenters. The largest absolute Gasteiger partial charge is 0.326 e. The highest BCUT2D eigenvalue weighted by Crippen LogP contribution is 2.26. The first kappa shape index (κ1) is 17.6. The molecule has 0 aliphatic rings. The third kappa shape index (κ3) is 3.80. The molecule has 0 spiro atoms. The summed E-state index contributed by atoms with van der Waals surface area (Å²) in [6, 6.07) is 5.09. The predicted octanol–water partition coefficient (Wildman–Crippen LogP) is 3.97. The molecule has 0 amide bonds. The van der Waals surface area contributed by atoms with Crippen LogP contribution in [0, 0.1) is 5.82 Å². The number of halogens is 2. The van der Waals surface area contributed by atoms with E-state index in [4.69, 9.17) is 5.73 Å². The normalized spacial score (nSPS) is 16.2. The lowest BCUT2D eigenvalue weighted by molar-refractivity contribution is 0.0842. The zero-order valence-electron chi connectivity index (χ0n) is 12.9. The first-order chi connectivity index (χ1) is 9.38. The SMILES string of the molecule is CCN(CC)C(C)(CC)C(N)Cc1ccc(Br)cc1F. The summed E-state index contributed by atoms with van der Waals surface area (Å²) in [5.74, 6) is -0.187. The van der Waals surface area contributed by atoms with Gasteiger partial charge in [-0.15, -0.1) is 0 Å². The van der Waals surface area contributed by atoms with Gasteiger partial charge in [-0.1, -0.05) is 42.8 Å². The Balaban J connectivity index is 2.94. The highest BCUT2D eigenvalue weighted by atomic mass is 79.9. The minimum Gasteiger partial charge on any atom is -0.326 e. The Kier molecular flexibility index (Phi) is 6.62. The molecule has 0 radical (unpaired) electrons. The summed E-state index contributed by atoms with van der Waals surface area (Å²) in [5.41, 5.74) is 7.01. The quantitative estimate of drug-likeness (QED) is 0.810. The first-order valence-electron chi connectivity index (χ1n) is 7.33. The second-order valence-corrected chi connectivity index (χ2v) is 6.35. The molecule has 114 valence electrons. The molecule has 2 atom stereocenters. The van der Waals surface area contributed by atoms with Gasteiger partial charge < -0.3 is 5.73 Å². The van der Waals surface area contributed by atoms with Gasteiger partial charge in [-0.3, -0.25) is 4.90 Å². The summed E-state index contributed by atoms with van der Waals surface area (Å²) >= 11 is 3.28. The smallest absolute Gasteiger partial charge is 0.127 e. The molecule has 0 aliphatic heterocycles. The van der Waals surface area contributed by atoms with Crippen LogP contribution in [0.5, 0.6) is 0 Å². The van der Waals surface area contributed by atoms with Crippen molar-refractivity contribution < 1.29 is 4.39 Å². The van der Waals surface area contributed by atoms with E-state index < -0.39 is 0 Å². The van der Waals surface area contributed by atoms with Gasteiger partial charge in [0.25, 0.3) is 0 Å². The molecular weight excluding hydrogens is 319 g/mol. The monoisotopic (exact) mass is 344 g/mol. The van der Waals surface area contributed by atoms with Gasteiger partial charge in [0, 0.05) is 16.1 Å². The Morgan fingerprint density at radius 3 is 2.35 bits per heavy atom. The summed E-state index contributed by atoms with van der Waals surface area (Å²) < 4.78 is 14.7. The van der Waals surface area contributed by atoms with Gasteiger partial charge in [-0.05, 0) is 50.6 Å². The van der Waals surface area contributed by atoms with Gasteiger partial charge >= 0.3 is 0 Å². The van der Waals surface area contributed by atoms with Crippen LogP contribution in [0.15, 0.2) is 22.7 Å². The van der Waals surface area contributed by atoms with Gasteiger partial charge in [-0.2, -0.15) is 0 Å². The van der Waals surface area contributed by atoms with Crippen LogP contribution in [-0.2, 0) is 6.42 Å². The topological polar surface area (TPSA) is 29.3 Å². The first-order valence-corrected chi connectivity index (χ1v) is 8.12. The van der Waals surface area contributed by atoms with E-state index >= 15 is 0 Å². The van der Waals surface area contributed by atoms with Crippen molar-refractivity contribution in [2.45, 2.75) is 52.1 Å². The van der Waals surface area contributed by atoms with E-state index in [2.05, 4.69) is 48.5 Å². The van der Waals surface area contributed by atoms with E-state index in [-0.39, 0.29) is 17.4 Å². The molecule has 0 saturated heterocycles. The Labute approximate surface area is 130 Å². The molecule has 0 saturated carbocycles. The summed E-state index contributed by atoms with van der Waals surface area (Å²) in [6.07, 6.45) is 1.51. The fourth-order valence-electron chi connectivity index (χ4n) is 2.81. The molecule has 0 bridgehead atoms. The Morgan fingerprint density at radius 2 is 1.90 bits per heavy atom. The summed E-state index contributed by atoms with van der Waals surface area (Å²) in [4.78, 5) is 2.37. The Morgan fingerprint density at radius 1 is 1.30 bits per heavy atom. The molecule has 0 heterocycles. The van der Waals surface area contributed by atoms with E-state index in [9.17, 15) is 4.39 Å². The third-order valence-corrected chi connectivity index (χ3v) is 4.95. The lowest BCUT2D eigenvalue weighted by Gasteiger charge is -2.44. The molecular formula is C16H26BrFN2. The molecule has 0 fully saturated rings. The van der Waals surface area contributed by atoms with Crippen molar-refractivity contribution in [1.82, 2.24) is 4.90 Å². The maximum Gasteiger partial charge on any atom is 0.127 e. The second-order valence-electron chi connectivity index (χ2n) is 5.43. The lowest BCUT2D eigenvalue weighted by atomic mass is 9.84. The Hall–Kier alpha value is -0.450. The van der Waals surface area contributed by atoms with Crippen LogP contribution in [0.4, 0.5) is 4.39 Å². The highest BCUT2D eigenvalue weighted by molar-refractivity contribution is 9.10. The fourth-order valence-corrected chi connectivity index (χ4v) is 3.14. The molecule has 0 aliphatic carbocycles. The van der Waals surface area contributed by atoms with Gasteiger partial charge in [0.2, 0.25) is 0 Å². The molecule has 2 N–H and O–H groups in total. The molecule has 1 aromatic rings. The predicted molar refractivity (Wildman–Crippen MR) is 87.4 cm³/mol. The number of nitrogens with two attached hydrogens (primary N) is 1. The summed E-state index contributed by atoms with van der Waals surface area (Å²) in [6.45, 7) is 10.5. The lowest BCUT2D eigenvalue weighted by Crippen LogP contribution is -2.58. The van der Waals surface area contributed by atoms with Crippen LogP contribution in [0.1, 0.15) is 39.7 Å². The summed E-state index contributed by atoms with van der Waals surface area (Å²) in [5, 5.41) is 0. The van der Waals surface area contributed by atoms with Crippen LogP contribution in [0.2, 0.25) is 0 Å². The van der Waals surface area contributed by atoms with E-state index in [0.717, 1.165) is 24.0 Å². The van der Waals surface area contributed by atoms with Gasteiger partial charge in [0.15, 0.2) is 0 Å². The van der Waals surface area contributed by atoms with Crippen molar-refractivity contribution in [2.24, 2.45) is 5.73 Å². The molecule has 0 aromatic heterocycles. The van der Waals surface area contributed by atoms with Crippen LogP contribution in [0.25, 0.3) is 0 Å². The zero-order chi connectivity index (χ0) is 15.3. The summed E-state index contributed by atoms with van der Waals surface area (Å²) in [7, 11) is 0. The van der Waals surface area contributed by atoms with Gasteiger partial charge in [-0.25, -0.2) is 4.39 Å². The number of hydrogen-bond acceptors (Lipinski definition) is 2. The maximum atomic E-state index is 14.0. The van der Waals surface area contributed by atoms with Crippen molar-refractivity contribution in [3.63, 3.8) is 0 Å². The minimum absolute atomic E-state index is 0.0944. The van der Waals surface area contributed by atoms with E-state index in [0.29, 0.717) is 12.0 Å². The molecule has 4 heteroatoms. The average Bonchev–Trinajstić information content (AvgIpc) is 2.42. The standard InChI is InChI=1S/C16H26BrFN2/c1-5-16(4,20(6-2)7-3)15(19)10-12-8-9-13(17)11-14(12)18/h8-9,11,15H,5-7,10,19H2,1-4H3. The van der Waals surface area contributed by atoms with Crippen molar-refractivity contribution >= 4 is 15.9 Å². The molecule has 20 heavy (non-hydrogen) atoms. The van der Waals surface area contributed by atoms with Crippen LogP contribution < -0.4 is 5.73 Å². The van der Waals surface area contributed by atoms with Gasteiger partial charge in [0.1, 0.15) is 5.82 Å². The minimum atomic E-state index is -0.187. The molecule has 2 nitrogen and oxygen atoms in total. The van der Waals surface area contributed by atoms with Crippen molar-refractivity contribution in [3.8, 4) is 0 Å². The van der Waals surface area contributed by atoms with Crippen LogP contribution >= 0.6 is 15.9 Å². The number of hydrogen-bond donors (Lipinski definition) is 1. The fraction of sp³-hybridized carbons (Fsp3) is 0.625. The molecule has 1 rings (SSSR count).